The van der Waals surface area contributed by atoms with Gasteiger partial charge in [0.05, 0.1) is 24.9 Å². The summed E-state index contributed by atoms with van der Waals surface area (Å²) in [5.41, 5.74) is 3.14. The van der Waals surface area contributed by atoms with Crippen LogP contribution in [0.15, 0.2) is 41.3 Å². The molecule has 1 aromatic carbocycles. The molecule has 3 aromatic rings. The topological polar surface area (TPSA) is 71.4 Å². The molecule has 2 aliphatic rings. The summed E-state index contributed by atoms with van der Waals surface area (Å²) in [6, 6.07) is 8.23. The van der Waals surface area contributed by atoms with E-state index in [9.17, 15) is 4.79 Å². The van der Waals surface area contributed by atoms with E-state index in [0.29, 0.717) is 31.4 Å². The van der Waals surface area contributed by atoms with Gasteiger partial charge >= 0.3 is 0 Å². The molecule has 1 saturated heterocycles. The molecule has 1 unspecified atom stereocenters. The van der Waals surface area contributed by atoms with Crippen LogP contribution in [0.4, 0.5) is 0 Å². The predicted molar refractivity (Wildman–Crippen MR) is 96.1 cm³/mol. The second kappa shape index (κ2) is 6.29. The second-order valence-corrected chi connectivity index (χ2v) is 7.13. The van der Waals surface area contributed by atoms with Crippen LogP contribution in [0.25, 0.3) is 10.9 Å². The summed E-state index contributed by atoms with van der Waals surface area (Å²) < 4.78 is 11.2. The largest absolute Gasteiger partial charge is 0.438 e. The van der Waals surface area contributed by atoms with Gasteiger partial charge in [0, 0.05) is 29.6 Å². The molecule has 1 amide bonds. The number of aromatic amines is 1. The number of fused-ring (bicyclic) bond motifs is 1. The van der Waals surface area contributed by atoms with Gasteiger partial charge in [-0.1, -0.05) is 18.2 Å². The number of hydrogen-bond donors (Lipinski definition) is 1. The number of hydrogen-bond acceptors (Lipinski definition) is 4. The van der Waals surface area contributed by atoms with Gasteiger partial charge in [-0.2, -0.15) is 0 Å². The van der Waals surface area contributed by atoms with Crippen molar-refractivity contribution in [1.82, 2.24) is 14.9 Å². The lowest BCUT2D eigenvalue weighted by Gasteiger charge is -2.35. The van der Waals surface area contributed by atoms with Crippen LogP contribution in [0.1, 0.15) is 40.6 Å². The van der Waals surface area contributed by atoms with E-state index in [1.807, 2.05) is 23.2 Å². The van der Waals surface area contributed by atoms with Crippen molar-refractivity contribution >= 4 is 16.8 Å². The van der Waals surface area contributed by atoms with Gasteiger partial charge in [-0.05, 0) is 30.9 Å². The van der Waals surface area contributed by atoms with Gasteiger partial charge in [0.25, 0.3) is 5.91 Å². The van der Waals surface area contributed by atoms with Crippen molar-refractivity contribution in [2.24, 2.45) is 0 Å². The Morgan fingerprint density at radius 1 is 1.31 bits per heavy atom. The molecule has 26 heavy (non-hydrogen) atoms. The molecule has 1 saturated carbocycles. The van der Waals surface area contributed by atoms with E-state index in [0.717, 1.165) is 30.5 Å². The molecule has 134 valence electrons. The first-order valence-corrected chi connectivity index (χ1v) is 9.18. The van der Waals surface area contributed by atoms with Gasteiger partial charge in [0.2, 0.25) is 5.76 Å². The lowest BCUT2D eigenvalue weighted by molar-refractivity contribution is -0.00319. The van der Waals surface area contributed by atoms with Crippen LogP contribution in [0, 0.1) is 0 Å². The zero-order chi connectivity index (χ0) is 17.5. The zero-order valence-electron chi connectivity index (χ0n) is 14.5. The van der Waals surface area contributed by atoms with Crippen molar-refractivity contribution in [2.75, 3.05) is 19.8 Å². The van der Waals surface area contributed by atoms with E-state index in [-0.39, 0.29) is 11.9 Å². The molecule has 6 heteroatoms. The van der Waals surface area contributed by atoms with Gasteiger partial charge in [-0.15, -0.1) is 0 Å². The molecule has 0 radical (unpaired) electrons. The Balaban J connectivity index is 1.41. The zero-order valence-corrected chi connectivity index (χ0v) is 14.5. The molecule has 0 bridgehead atoms. The quantitative estimate of drug-likeness (QED) is 0.784. The van der Waals surface area contributed by atoms with Crippen LogP contribution >= 0.6 is 0 Å². The summed E-state index contributed by atoms with van der Waals surface area (Å²) >= 11 is 0. The Labute approximate surface area is 151 Å². The van der Waals surface area contributed by atoms with Gasteiger partial charge in [-0.25, -0.2) is 4.98 Å². The van der Waals surface area contributed by atoms with Crippen LogP contribution in [-0.2, 0) is 11.2 Å². The highest BCUT2D eigenvalue weighted by Crippen LogP contribution is 2.41. The van der Waals surface area contributed by atoms with E-state index >= 15 is 0 Å². The molecule has 2 aromatic heterocycles. The van der Waals surface area contributed by atoms with E-state index in [1.54, 1.807) is 0 Å². The van der Waals surface area contributed by atoms with E-state index in [1.165, 1.54) is 17.3 Å². The molecule has 5 rings (SSSR count). The van der Waals surface area contributed by atoms with E-state index < -0.39 is 0 Å². The SMILES string of the molecule is O=C(c1ocnc1C1CC1)N1CCOCC1Cc1c[nH]c2ccccc12. The number of nitrogens with zero attached hydrogens (tertiary/aromatic N) is 2. The number of ether oxygens (including phenoxy) is 1. The lowest BCUT2D eigenvalue weighted by Crippen LogP contribution is -2.49. The average Bonchev–Trinajstić information content (AvgIpc) is 3.27. The highest BCUT2D eigenvalue weighted by atomic mass is 16.5. The monoisotopic (exact) mass is 351 g/mol. The van der Waals surface area contributed by atoms with Crippen molar-refractivity contribution in [3.05, 3.63) is 53.9 Å². The maximum absolute atomic E-state index is 13.1. The minimum Gasteiger partial charge on any atom is -0.438 e. The smallest absolute Gasteiger partial charge is 0.292 e. The highest BCUT2D eigenvalue weighted by Gasteiger charge is 2.36. The molecule has 1 atom stereocenters. The van der Waals surface area contributed by atoms with Crippen molar-refractivity contribution in [3.8, 4) is 0 Å². The van der Waals surface area contributed by atoms with Crippen molar-refractivity contribution in [3.63, 3.8) is 0 Å². The third-order valence-corrected chi connectivity index (χ3v) is 5.37. The van der Waals surface area contributed by atoms with Gasteiger partial charge in [-0.3, -0.25) is 4.79 Å². The predicted octanol–water partition coefficient (Wildman–Crippen LogP) is 3.12. The minimum absolute atomic E-state index is 0.00684. The molecular formula is C20H21N3O3. The number of oxazole rings is 1. The third-order valence-electron chi connectivity index (χ3n) is 5.37. The number of para-hydroxylation sites is 1. The highest BCUT2D eigenvalue weighted by molar-refractivity contribution is 5.93. The fourth-order valence-electron chi connectivity index (χ4n) is 3.84. The summed E-state index contributed by atoms with van der Waals surface area (Å²) in [6.45, 7) is 1.68. The number of amides is 1. The minimum atomic E-state index is -0.0578. The summed E-state index contributed by atoms with van der Waals surface area (Å²) in [7, 11) is 0. The summed E-state index contributed by atoms with van der Waals surface area (Å²) in [6.07, 6.45) is 6.37. The normalized spacial score (nSPS) is 20.6. The molecule has 3 heterocycles. The Bertz CT molecular complexity index is 941. The Morgan fingerprint density at radius 2 is 2.19 bits per heavy atom. The maximum Gasteiger partial charge on any atom is 0.292 e. The summed E-state index contributed by atoms with van der Waals surface area (Å²) in [4.78, 5) is 22.6. The standard InChI is InChI=1S/C20H21N3O3/c24-20(19-18(13-5-6-13)22-12-26-19)23-7-8-25-11-15(23)9-14-10-21-17-4-2-1-3-16(14)17/h1-4,10,12-13,15,21H,5-9,11H2. The molecule has 6 nitrogen and oxygen atoms in total. The van der Waals surface area contributed by atoms with Gasteiger partial charge < -0.3 is 19.0 Å². The summed E-state index contributed by atoms with van der Waals surface area (Å²) in [5.74, 6) is 0.747. The Hall–Kier alpha value is -2.60. The molecule has 1 N–H and O–H groups in total. The van der Waals surface area contributed by atoms with Crippen molar-refractivity contribution in [2.45, 2.75) is 31.2 Å². The molecule has 0 spiro atoms. The number of rotatable bonds is 4. The fourth-order valence-corrected chi connectivity index (χ4v) is 3.84. The number of H-pyrrole nitrogens is 1. The number of aromatic nitrogens is 2. The van der Waals surface area contributed by atoms with Gasteiger partial charge in [0.15, 0.2) is 6.39 Å². The number of carbonyl (C=O) groups excluding carboxylic acids is 1. The third kappa shape index (κ3) is 2.70. The maximum atomic E-state index is 13.1. The van der Waals surface area contributed by atoms with Crippen LogP contribution in [-0.4, -0.2) is 46.6 Å². The summed E-state index contributed by atoms with van der Waals surface area (Å²) in [5, 5.41) is 1.20. The van der Waals surface area contributed by atoms with E-state index in [4.69, 9.17) is 9.15 Å². The number of carbonyl (C=O) groups is 1. The Kier molecular flexibility index (Phi) is 3.78. The van der Waals surface area contributed by atoms with Crippen LogP contribution < -0.4 is 0 Å². The van der Waals surface area contributed by atoms with E-state index in [2.05, 4.69) is 22.1 Å². The van der Waals surface area contributed by atoms with Crippen LogP contribution in [0.3, 0.4) is 0 Å². The van der Waals surface area contributed by atoms with Crippen LogP contribution in [0.5, 0.6) is 0 Å². The first-order chi connectivity index (χ1) is 12.8. The molecule has 2 fully saturated rings. The molecule has 1 aliphatic carbocycles. The number of nitrogens with one attached hydrogen (secondary N) is 1. The first kappa shape index (κ1) is 15.6. The average molecular weight is 351 g/mol. The number of morpholine rings is 1. The van der Waals surface area contributed by atoms with Gasteiger partial charge in [0.1, 0.15) is 0 Å². The fraction of sp³-hybridized carbons (Fsp3) is 0.400. The lowest BCUT2D eigenvalue weighted by atomic mass is 10.0. The molecule has 1 aliphatic heterocycles. The van der Waals surface area contributed by atoms with Crippen LogP contribution in [0.2, 0.25) is 0 Å². The molecular weight excluding hydrogens is 330 g/mol. The van der Waals surface area contributed by atoms with Crippen molar-refractivity contribution < 1.29 is 13.9 Å². The first-order valence-electron chi connectivity index (χ1n) is 9.18. The van der Waals surface area contributed by atoms with Crippen molar-refractivity contribution in [1.29, 1.82) is 0 Å². The Morgan fingerprint density at radius 3 is 3.08 bits per heavy atom. The second-order valence-electron chi connectivity index (χ2n) is 7.13. The number of benzene rings is 1.